The molecule has 1 amide bonds. The molecule has 0 bridgehead atoms. The zero-order valence-electron chi connectivity index (χ0n) is 21.4. The van der Waals surface area contributed by atoms with Crippen LogP contribution in [0.2, 0.25) is 0 Å². The molecular weight excluding hydrogens is 494 g/mol. The van der Waals surface area contributed by atoms with Crippen LogP contribution in [-0.4, -0.2) is 34.0 Å². The maximum atomic E-state index is 14.0. The molecule has 0 aliphatic carbocycles. The fraction of sp³-hybridized carbons (Fsp3) is 0.194. The van der Waals surface area contributed by atoms with E-state index < -0.39 is 6.04 Å². The molecule has 0 aliphatic rings. The van der Waals surface area contributed by atoms with Gasteiger partial charge in [0.15, 0.2) is 0 Å². The summed E-state index contributed by atoms with van der Waals surface area (Å²) in [5, 5.41) is 2.42. The number of para-hydroxylation sites is 3. The maximum absolute atomic E-state index is 14.0. The number of thiophene rings is 1. The molecule has 2 aromatic heterocycles. The summed E-state index contributed by atoms with van der Waals surface area (Å²) in [6.45, 7) is 2.50. The largest absolute Gasteiger partial charge is 0.495 e. The van der Waals surface area contributed by atoms with Gasteiger partial charge in [-0.15, -0.1) is 11.3 Å². The van der Waals surface area contributed by atoms with Crippen molar-refractivity contribution in [3.05, 3.63) is 123 Å². The summed E-state index contributed by atoms with van der Waals surface area (Å²) in [7, 11) is 1.59. The average molecular weight is 524 g/mol. The Morgan fingerprint density at radius 1 is 0.974 bits per heavy atom. The first kappa shape index (κ1) is 25.4. The van der Waals surface area contributed by atoms with Crippen LogP contribution < -0.4 is 10.3 Å². The first-order valence-electron chi connectivity index (χ1n) is 12.7. The summed E-state index contributed by atoms with van der Waals surface area (Å²) in [4.78, 5) is 35.5. The van der Waals surface area contributed by atoms with Crippen LogP contribution in [-0.2, 0) is 6.42 Å². The summed E-state index contributed by atoms with van der Waals surface area (Å²) in [6, 6.07) is 28.1. The Kier molecular flexibility index (Phi) is 7.65. The Bertz CT molecular complexity index is 1600. The number of rotatable bonds is 9. The van der Waals surface area contributed by atoms with Gasteiger partial charge in [-0.25, -0.2) is 4.98 Å². The second kappa shape index (κ2) is 11.4. The van der Waals surface area contributed by atoms with Crippen LogP contribution >= 0.6 is 11.3 Å². The van der Waals surface area contributed by atoms with Gasteiger partial charge in [0.1, 0.15) is 11.6 Å². The first-order valence-corrected chi connectivity index (χ1v) is 13.5. The third-order valence-corrected chi connectivity index (χ3v) is 7.52. The van der Waals surface area contributed by atoms with E-state index in [-0.39, 0.29) is 11.5 Å². The zero-order valence-corrected chi connectivity index (χ0v) is 22.2. The van der Waals surface area contributed by atoms with Crippen LogP contribution in [0.15, 0.2) is 101 Å². The lowest BCUT2D eigenvalue weighted by Gasteiger charge is -2.32. The quantitative estimate of drug-likeness (QED) is 0.228. The number of amides is 1. The normalized spacial score (nSPS) is 11.8. The Balaban J connectivity index is 1.70. The van der Waals surface area contributed by atoms with Gasteiger partial charge in [-0.05, 0) is 54.1 Å². The van der Waals surface area contributed by atoms with Gasteiger partial charge in [0.05, 0.1) is 34.6 Å². The molecule has 0 N–H and O–H groups in total. The van der Waals surface area contributed by atoms with Gasteiger partial charge in [-0.1, -0.05) is 67.6 Å². The van der Waals surface area contributed by atoms with E-state index in [0.717, 1.165) is 5.56 Å². The van der Waals surface area contributed by atoms with Crippen LogP contribution in [0.5, 0.6) is 5.75 Å². The van der Waals surface area contributed by atoms with Gasteiger partial charge in [0.25, 0.3) is 11.5 Å². The third kappa shape index (κ3) is 4.97. The molecule has 1 atom stereocenters. The number of methoxy groups -OCH3 is 1. The highest BCUT2D eigenvalue weighted by atomic mass is 32.1. The zero-order chi connectivity index (χ0) is 26.5. The fourth-order valence-corrected chi connectivity index (χ4v) is 5.48. The number of carbonyl (C=O) groups excluding carboxylic acids is 1. The Hall–Kier alpha value is -4.23. The monoisotopic (exact) mass is 523 g/mol. The lowest BCUT2D eigenvalue weighted by atomic mass is 10.1. The fourth-order valence-electron chi connectivity index (χ4n) is 4.80. The SMILES string of the molecule is CCC(c1nc2ccccc2c(=O)n1-c1ccccc1OC)N(CCc1ccccc1)C(=O)c1cccs1. The molecule has 0 radical (unpaired) electrons. The van der Waals surface area contributed by atoms with Gasteiger partial charge in [0, 0.05) is 6.54 Å². The second-order valence-corrected chi connectivity index (χ2v) is 9.88. The summed E-state index contributed by atoms with van der Waals surface area (Å²) >= 11 is 1.42. The van der Waals surface area contributed by atoms with Gasteiger partial charge in [-0.3, -0.25) is 14.2 Å². The summed E-state index contributed by atoms with van der Waals surface area (Å²) in [6.07, 6.45) is 1.26. The highest BCUT2D eigenvalue weighted by Gasteiger charge is 2.30. The van der Waals surface area contributed by atoms with Crippen LogP contribution in [0.3, 0.4) is 0 Å². The Labute approximate surface area is 225 Å². The van der Waals surface area contributed by atoms with Crippen molar-refractivity contribution < 1.29 is 9.53 Å². The smallest absolute Gasteiger partial charge is 0.266 e. The summed E-state index contributed by atoms with van der Waals surface area (Å²) < 4.78 is 7.26. The van der Waals surface area contributed by atoms with Crippen molar-refractivity contribution in [2.24, 2.45) is 0 Å². The average Bonchev–Trinajstić information content (AvgIpc) is 3.51. The van der Waals surface area contributed by atoms with Crippen molar-refractivity contribution in [1.82, 2.24) is 14.5 Å². The molecule has 2 heterocycles. The molecule has 5 aromatic rings. The van der Waals surface area contributed by atoms with E-state index in [2.05, 4.69) is 12.1 Å². The summed E-state index contributed by atoms with van der Waals surface area (Å²) in [5.41, 5.74) is 2.14. The minimum atomic E-state index is -0.449. The van der Waals surface area contributed by atoms with Crippen molar-refractivity contribution in [1.29, 1.82) is 0 Å². The van der Waals surface area contributed by atoms with Crippen molar-refractivity contribution in [3.8, 4) is 11.4 Å². The van der Waals surface area contributed by atoms with E-state index in [0.29, 0.717) is 52.4 Å². The number of hydrogen-bond donors (Lipinski definition) is 0. The molecule has 0 saturated heterocycles. The number of nitrogens with zero attached hydrogens (tertiary/aromatic N) is 3. The highest BCUT2D eigenvalue weighted by molar-refractivity contribution is 7.12. The lowest BCUT2D eigenvalue weighted by molar-refractivity contribution is 0.0667. The topological polar surface area (TPSA) is 64.4 Å². The van der Waals surface area contributed by atoms with E-state index in [9.17, 15) is 9.59 Å². The van der Waals surface area contributed by atoms with Crippen LogP contribution in [0.1, 0.15) is 40.4 Å². The van der Waals surface area contributed by atoms with Crippen LogP contribution in [0.25, 0.3) is 16.6 Å². The molecule has 5 rings (SSSR count). The van der Waals surface area contributed by atoms with Gasteiger partial charge in [0.2, 0.25) is 0 Å². The highest BCUT2D eigenvalue weighted by Crippen LogP contribution is 2.31. The van der Waals surface area contributed by atoms with Gasteiger partial charge >= 0.3 is 0 Å². The van der Waals surface area contributed by atoms with Crippen LogP contribution in [0, 0.1) is 0 Å². The predicted octanol–water partition coefficient (Wildman–Crippen LogP) is 6.29. The lowest BCUT2D eigenvalue weighted by Crippen LogP contribution is -2.39. The molecular formula is C31H29N3O3S. The van der Waals surface area contributed by atoms with Gasteiger partial charge < -0.3 is 9.64 Å². The van der Waals surface area contributed by atoms with E-state index in [1.165, 1.54) is 11.3 Å². The molecule has 6 nitrogen and oxygen atoms in total. The van der Waals surface area contributed by atoms with E-state index in [1.807, 2.05) is 90.0 Å². The molecule has 192 valence electrons. The molecule has 0 aliphatic heterocycles. The molecule has 0 saturated carbocycles. The van der Waals surface area contributed by atoms with E-state index in [1.54, 1.807) is 17.7 Å². The number of ether oxygens (including phenoxy) is 1. The molecule has 1 unspecified atom stereocenters. The first-order chi connectivity index (χ1) is 18.6. The maximum Gasteiger partial charge on any atom is 0.266 e. The minimum absolute atomic E-state index is 0.0724. The molecule has 7 heteroatoms. The van der Waals surface area contributed by atoms with Gasteiger partial charge in [-0.2, -0.15) is 0 Å². The number of carbonyl (C=O) groups is 1. The second-order valence-electron chi connectivity index (χ2n) is 8.94. The van der Waals surface area contributed by atoms with E-state index >= 15 is 0 Å². The summed E-state index contributed by atoms with van der Waals surface area (Å²) in [5.74, 6) is 0.999. The molecule has 38 heavy (non-hydrogen) atoms. The molecule has 3 aromatic carbocycles. The predicted molar refractivity (Wildman–Crippen MR) is 152 cm³/mol. The van der Waals surface area contributed by atoms with Crippen molar-refractivity contribution in [2.75, 3.05) is 13.7 Å². The van der Waals surface area contributed by atoms with Crippen molar-refractivity contribution >= 4 is 28.1 Å². The van der Waals surface area contributed by atoms with Crippen molar-refractivity contribution in [2.45, 2.75) is 25.8 Å². The standard InChI is InChI=1S/C31H29N3O3S/c1-3-25(33(31(36)28-18-11-21-38-28)20-19-22-12-5-4-6-13-22)29-32-24-15-8-7-14-23(24)30(35)34(29)26-16-9-10-17-27(26)37-2/h4-18,21,25H,3,19-20H2,1-2H3. The third-order valence-electron chi connectivity index (χ3n) is 6.67. The van der Waals surface area contributed by atoms with Crippen molar-refractivity contribution in [3.63, 3.8) is 0 Å². The number of fused-ring (bicyclic) bond motifs is 1. The Morgan fingerprint density at radius 2 is 1.71 bits per heavy atom. The minimum Gasteiger partial charge on any atom is -0.495 e. The van der Waals surface area contributed by atoms with E-state index in [4.69, 9.17) is 9.72 Å². The number of aromatic nitrogens is 2. The number of hydrogen-bond acceptors (Lipinski definition) is 5. The molecule has 0 spiro atoms. The Morgan fingerprint density at radius 3 is 2.45 bits per heavy atom. The molecule has 0 fully saturated rings. The van der Waals surface area contributed by atoms with Crippen LogP contribution in [0.4, 0.5) is 0 Å². The number of benzene rings is 3.